The second-order valence-corrected chi connectivity index (χ2v) is 7.60. The van der Waals surface area contributed by atoms with Crippen LogP contribution in [0.4, 0.5) is 11.4 Å². The fourth-order valence-electron chi connectivity index (χ4n) is 3.22. The molecule has 2 N–H and O–H groups in total. The van der Waals surface area contributed by atoms with Crippen LogP contribution in [0.5, 0.6) is 0 Å². The summed E-state index contributed by atoms with van der Waals surface area (Å²) in [6, 6.07) is 10.8. The van der Waals surface area contributed by atoms with Crippen LogP contribution in [0.3, 0.4) is 0 Å². The predicted molar refractivity (Wildman–Crippen MR) is 113 cm³/mol. The molecule has 0 atom stereocenters. The molecule has 2 aromatic carbocycles. The first-order valence-corrected chi connectivity index (χ1v) is 9.96. The first-order chi connectivity index (χ1) is 13.4. The number of benzene rings is 2. The van der Waals surface area contributed by atoms with Gasteiger partial charge in [0.15, 0.2) is 0 Å². The van der Waals surface area contributed by atoms with Crippen molar-refractivity contribution >= 4 is 45.0 Å². The summed E-state index contributed by atoms with van der Waals surface area (Å²) in [6.45, 7) is 4.26. The van der Waals surface area contributed by atoms with Gasteiger partial charge >= 0.3 is 0 Å². The Balaban J connectivity index is 1.59. The third-order valence-electron chi connectivity index (χ3n) is 4.71. The lowest BCUT2D eigenvalue weighted by Crippen LogP contribution is -2.33. The quantitative estimate of drug-likeness (QED) is 0.742. The Morgan fingerprint density at radius 1 is 1.14 bits per heavy atom. The Morgan fingerprint density at radius 2 is 1.93 bits per heavy atom. The van der Waals surface area contributed by atoms with Crippen LogP contribution in [0, 0.1) is 6.92 Å². The van der Waals surface area contributed by atoms with Crippen LogP contribution in [0.25, 0.3) is 0 Å². The molecule has 0 bridgehead atoms. The zero-order chi connectivity index (χ0) is 20.3. The van der Waals surface area contributed by atoms with Crippen LogP contribution in [-0.4, -0.2) is 30.8 Å². The number of carbonyl (C=O) groups excluding carboxylic acids is 3. The number of anilines is 2. The number of aryl methyl sites for hydroxylation is 1. The van der Waals surface area contributed by atoms with Gasteiger partial charge in [-0.15, -0.1) is 0 Å². The highest BCUT2D eigenvalue weighted by Crippen LogP contribution is 2.29. The van der Waals surface area contributed by atoms with E-state index in [0.29, 0.717) is 24.2 Å². The molecule has 146 valence electrons. The Hall–Kier alpha value is -2.67. The Labute approximate surface area is 172 Å². The normalized spacial score (nSPS) is 12.5. The molecule has 0 aromatic heterocycles. The van der Waals surface area contributed by atoms with E-state index in [-0.39, 0.29) is 24.3 Å². The maximum absolute atomic E-state index is 12.4. The number of hydrogen-bond acceptors (Lipinski definition) is 3. The van der Waals surface area contributed by atoms with E-state index in [9.17, 15) is 14.4 Å². The molecule has 2 aromatic rings. The molecular formula is C21H22BrN3O3. The molecule has 0 spiro atoms. The van der Waals surface area contributed by atoms with Gasteiger partial charge in [0.05, 0.1) is 6.54 Å². The number of amides is 3. The van der Waals surface area contributed by atoms with Crippen molar-refractivity contribution in [3.05, 3.63) is 57.6 Å². The minimum Gasteiger partial charge on any atom is -0.343 e. The molecule has 28 heavy (non-hydrogen) atoms. The molecule has 7 heteroatoms. The van der Waals surface area contributed by atoms with Gasteiger partial charge in [-0.1, -0.05) is 22.9 Å². The maximum atomic E-state index is 12.4. The van der Waals surface area contributed by atoms with E-state index in [1.165, 1.54) is 0 Å². The van der Waals surface area contributed by atoms with Gasteiger partial charge in [0.2, 0.25) is 11.8 Å². The van der Waals surface area contributed by atoms with E-state index in [4.69, 9.17) is 0 Å². The summed E-state index contributed by atoms with van der Waals surface area (Å²) in [7, 11) is 0. The molecule has 1 heterocycles. The van der Waals surface area contributed by atoms with E-state index in [1.807, 2.05) is 32.0 Å². The third kappa shape index (κ3) is 4.42. The van der Waals surface area contributed by atoms with Crippen molar-refractivity contribution in [2.45, 2.75) is 26.7 Å². The summed E-state index contributed by atoms with van der Waals surface area (Å²) in [4.78, 5) is 38.3. The number of fused-ring (bicyclic) bond motifs is 1. The summed E-state index contributed by atoms with van der Waals surface area (Å²) in [5.41, 5.74) is 3.97. The summed E-state index contributed by atoms with van der Waals surface area (Å²) in [5.74, 6) is -0.527. The van der Waals surface area contributed by atoms with Crippen LogP contribution in [-0.2, 0) is 16.0 Å². The van der Waals surface area contributed by atoms with Crippen molar-refractivity contribution < 1.29 is 14.4 Å². The van der Waals surface area contributed by atoms with E-state index in [0.717, 1.165) is 27.7 Å². The van der Waals surface area contributed by atoms with Gasteiger partial charge in [0.25, 0.3) is 5.91 Å². The second kappa shape index (κ2) is 8.56. The zero-order valence-electron chi connectivity index (χ0n) is 15.8. The number of carbonyl (C=O) groups is 3. The lowest BCUT2D eigenvalue weighted by molar-refractivity contribution is -0.118. The van der Waals surface area contributed by atoms with E-state index in [2.05, 4.69) is 26.6 Å². The molecular weight excluding hydrogens is 422 g/mol. The molecule has 3 rings (SSSR count). The molecule has 0 aliphatic carbocycles. The van der Waals surface area contributed by atoms with Gasteiger partial charge in [0, 0.05) is 34.4 Å². The lowest BCUT2D eigenvalue weighted by atomic mass is 10.1. The fourth-order valence-corrected chi connectivity index (χ4v) is 3.69. The van der Waals surface area contributed by atoms with E-state index in [1.54, 1.807) is 23.1 Å². The van der Waals surface area contributed by atoms with Gasteiger partial charge in [0.1, 0.15) is 0 Å². The minimum absolute atomic E-state index is 0.0795. The average Bonchev–Trinajstić information content (AvgIpc) is 3.11. The monoisotopic (exact) mass is 443 g/mol. The van der Waals surface area contributed by atoms with Gasteiger partial charge in [-0.25, -0.2) is 0 Å². The van der Waals surface area contributed by atoms with Gasteiger partial charge in [-0.05, 0) is 60.9 Å². The van der Waals surface area contributed by atoms with Gasteiger partial charge in [-0.2, -0.15) is 0 Å². The highest BCUT2D eigenvalue weighted by molar-refractivity contribution is 9.10. The molecule has 0 saturated heterocycles. The third-order valence-corrected chi connectivity index (χ3v) is 5.21. The summed E-state index contributed by atoms with van der Waals surface area (Å²) >= 11 is 3.38. The van der Waals surface area contributed by atoms with Crippen LogP contribution in [0.1, 0.15) is 34.8 Å². The zero-order valence-corrected chi connectivity index (χ0v) is 17.4. The Morgan fingerprint density at radius 3 is 2.64 bits per heavy atom. The van der Waals surface area contributed by atoms with Crippen molar-refractivity contribution in [1.82, 2.24) is 5.32 Å². The van der Waals surface area contributed by atoms with Crippen molar-refractivity contribution in [2.24, 2.45) is 0 Å². The smallest absolute Gasteiger partial charge is 0.251 e. The van der Waals surface area contributed by atoms with Crippen molar-refractivity contribution in [2.75, 3.05) is 23.3 Å². The van der Waals surface area contributed by atoms with Crippen molar-refractivity contribution in [3.63, 3.8) is 0 Å². The number of rotatable bonds is 5. The lowest BCUT2D eigenvalue weighted by Gasteiger charge is -2.16. The van der Waals surface area contributed by atoms with E-state index >= 15 is 0 Å². The van der Waals surface area contributed by atoms with Gasteiger partial charge < -0.3 is 15.5 Å². The average molecular weight is 444 g/mol. The summed E-state index contributed by atoms with van der Waals surface area (Å²) in [6.07, 6.45) is 1.18. The molecule has 6 nitrogen and oxygen atoms in total. The molecule has 0 fully saturated rings. The van der Waals surface area contributed by atoms with Crippen LogP contribution >= 0.6 is 15.9 Å². The molecule has 0 saturated carbocycles. The largest absolute Gasteiger partial charge is 0.343 e. The highest BCUT2D eigenvalue weighted by Gasteiger charge is 2.24. The number of hydrogen-bond donors (Lipinski definition) is 2. The predicted octanol–water partition coefficient (Wildman–Crippen LogP) is 3.43. The molecule has 1 aliphatic heterocycles. The van der Waals surface area contributed by atoms with Crippen LogP contribution < -0.4 is 15.5 Å². The maximum Gasteiger partial charge on any atom is 0.251 e. The second-order valence-electron chi connectivity index (χ2n) is 6.68. The Bertz CT molecular complexity index is 942. The highest BCUT2D eigenvalue weighted by atomic mass is 79.9. The summed E-state index contributed by atoms with van der Waals surface area (Å²) in [5, 5.41) is 5.44. The molecule has 0 unspecified atom stereocenters. The number of nitrogens with one attached hydrogen (secondary N) is 2. The summed E-state index contributed by atoms with van der Waals surface area (Å²) < 4.78 is 0.937. The van der Waals surface area contributed by atoms with Gasteiger partial charge in [-0.3, -0.25) is 14.4 Å². The molecule has 1 aliphatic rings. The van der Waals surface area contributed by atoms with E-state index < -0.39 is 0 Å². The number of nitrogens with zero attached hydrogens (tertiary/aromatic N) is 1. The van der Waals surface area contributed by atoms with Crippen molar-refractivity contribution in [3.8, 4) is 0 Å². The van der Waals surface area contributed by atoms with Crippen LogP contribution in [0.15, 0.2) is 40.9 Å². The fraction of sp³-hybridized carbons (Fsp3) is 0.286. The standard InChI is InChI=1S/C21H22BrN3O3/c1-3-20(27)25-9-8-14-11-15(4-7-18(14)25)21(28)23-12-19(26)24-17-6-5-16(22)10-13(17)2/h4-7,10-11H,3,8-9,12H2,1-2H3,(H,23,28)(H,24,26). The van der Waals surface area contributed by atoms with Crippen LogP contribution in [0.2, 0.25) is 0 Å². The molecule has 3 amide bonds. The Kier molecular flexibility index (Phi) is 6.14. The SMILES string of the molecule is CCC(=O)N1CCc2cc(C(=O)NCC(=O)Nc3ccc(Br)cc3C)ccc21. The van der Waals surface area contributed by atoms with Crippen molar-refractivity contribution in [1.29, 1.82) is 0 Å². The first-order valence-electron chi connectivity index (χ1n) is 9.16. The minimum atomic E-state index is -0.314. The first kappa shape index (κ1) is 20.1. The topological polar surface area (TPSA) is 78.5 Å². The molecule has 0 radical (unpaired) electrons. The number of halogens is 1.